The maximum absolute atomic E-state index is 13.2. The van der Waals surface area contributed by atoms with E-state index in [0.717, 1.165) is 23.4 Å². The van der Waals surface area contributed by atoms with Gasteiger partial charge in [0.05, 0.1) is 24.1 Å². The van der Waals surface area contributed by atoms with Crippen molar-refractivity contribution in [2.24, 2.45) is 0 Å². The molecule has 0 saturated carbocycles. The third-order valence-corrected chi connectivity index (χ3v) is 7.98. The lowest BCUT2D eigenvalue weighted by atomic mass is 10.1. The Hall–Kier alpha value is -2.81. The molecule has 0 atom stereocenters. The molecular weight excluding hydrogens is 428 g/mol. The molecule has 4 rings (SSSR count). The van der Waals surface area contributed by atoms with Gasteiger partial charge in [-0.05, 0) is 49.9 Å². The van der Waals surface area contributed by atoms with Crippen LogP contribution in [0.1, 0.15) is 34.3 Å². The number of rotatable bonds is 4. The lowest BCUT2D eigenvalue weighted by molar-refractivity contribution is 0.0743. The highest BCUT2D eigenvalue weighted by Crippen LogP contribution is 2.31. The molecule has 172 valence electrons. The minimum Gasteiger partial charge on any atom is -0.496 e. The second-order valence-corrected chi connectivity index (χ2v) is 10.4. The molecule has 2 aliphatic heterocycles. The number of carbonyl (C=O) groups is 1. The van der Waals surface area contributed by atoms with E-state index in [9.17, 15) is 13.2 Å². The van der Waals surface area contributed by atoms with Crippen LogP contribution >= 0.6 is 0 Å². The SMILES string of the molecule is COc1cc(N2CCCCS2(=O)=O)ccc1C(=O)N1CCN(c2ncc(C)cc2C)CC1. The molecule has 0 bridgehead atoms. The van der Waals surface area contributed by atoms with E-state index >= 15 is 0 Å². The molecule has 1 aromatic heterocycles. The van der Waals surface area contributed by atoms with Crippen molar-refractivity contribution in [2.45, 2.75) is 26.7 Å². The average Bonchev–Trinajstić information content (AvgIpc) is 2.78. The summed E-state index contributed by atoms with van der Waals surface area (Å²) >= 11 is 0. The standard InChI is InChI=1S/C23H30N4O4S/c1-17-14-18(2)22(24-16-17)25-9-11-26(12-10-25)23(28)20-7-6-19(15-21(20)31-3)27-8-4-5-13-32(27,29)30/h6-7,14-16H,4-5,8-13H2,1-3H3. The van der Waals surface area contributed by atoms with Crippen molar-refractivity contribution in [1.82, 2.24) is 9.88 Å². The van der Waals surface area contributed by atoms with Crippen molar-refractivity contribution >= 4 is 27.4 Å². The van der Waals surface area contributed by atoms with Crippen LogP contribution in [0.25, 0.3) is 0 Å². The maximum atomic E-state index is 13.2. The molecule has 0 spiro atoms. The number of sulfonamides is 1. The summed E-state index contributed by atoms with van der Waals surface area (Å²) in [7, 11) is -1.82. The highest BCUT2D eigenvalue weighted by Gasteiger charge is 2.29. The van der Waals surface area contributed by atoms with E-state index in [1.54, 1.807) is 18.2 Å². The van der Waals surface area contributed by atoms with Crippen LogP contribution in [0.3, 0.4) is 0 Å². The molecule has 8 nitrogen and oxygen atoms in total. The Balaban J connectivity index is 1.49. The summed E-state index contributed by atoms with van der Waals surface area (Å²) in [5, 5.41) is 0. The minimum absolute atomic E-state index is 0.108. The number of methoxy groups -OCH3 is 1. The van der Waals surface area contributed by atoms with Crippen molar-refractivity contribution in [2.75, 3.05) is 54.8 Å². The fourth-order valence-corrected chi connectivity index (χ4v) is 6.05. The molecule has 0 radical (unpaired) electrons. The van der Waals surface area contributed by atoms with Gasteiger partial charge in [-0.25, -0.2) is 13.4 Å². The van der Waals surface area contributed by atoms with Gasteiger partial charge in [0.25, 0.3) is 5.91 Å². The predicted octanol–water partition coefficient (Wildman–Crippen LogP) is 2.60. The monoisotopic (exact) mass is 458 g/mol. The molecule has 0 unspecified atom stereocenters. The maximum Gasteiger partial charge on any atom is 0.257 e. The van der Waals surface area contributed by atoms with Crippen molar-refractivity contribution in [3.63, 3.8) is 0 Å². The number of pyridine rings is 1. The molecular formula is C23H30N4O4S. The van der Waals surface area contributed by atoms with Crippen LogP contribution < -0.4 is 13.9 Å². The van der Waals surface area contributed by atoms with Gasteiger partial charge in [-0.1, -0.05) is 6.07 Å². The number of benzene rings is 1. The number of ether oxygens (including phenoxy) is 1. The topological polar surface area (TPSA) is 83.0 Å². The Bertz CT molecular complexity index is 1110. The lowest BCUT2D eigenvalue weighted by Gasteiger charge is -2.36. The zero-order valence-corrected chi connectivity index (χ0v) is 19.7. The smallest absolute Gasteiger partial charge is 0.257 e. The van der Waals surface area contributed by atoms with E-state index in [-0.39, 0.29) is 11.7 Å². The number of nitrogens with zero attached hydrogens (tertiary/aromatic N) is 4. The van der Waals surface area contributed by atoms with Gasteiger partial charge in [-0.3, -0.25) is 9.10 Å². The van der Waals surface area contributed by atoms with E-state index in [1.807, 2.05) is 18.0 Å². The molecule has 1 aromatic carbocycles. The number of hydrogen-bond acceptors (Lipinski definition) is 6. The summed E-state index contributed by atoms with van der Waals surface area (Å²) in [6, 6.07) is 7.16. The highest BCUT2D eigenvalue weighted by atomic mass is 32.2. The first kappa shape index (κ1) is 22.4. The normalized spacial score (nSPS) is 18.5. The minimum atomic E-state index is -3.32. The van der Waals surface area contributed by atoms with Gasteiger partial charge in [0, 0.05) is 45.0 Å². The first-order valence-corrected chi connectivity index (χ1v) is 12.6. The number of aryl methyl sites for hydroxylation is 2. The van der Waals surface area contributed by atoms with E-state index in [2.05, 4.69) is 22.9 Å². The van der Waals surface area contributed by atoms with Gasteiger partial charge in [-0.2, -0.15) is 0 Å². The van der Waals surface area contributed by atoms with Gasteiger partial charge in [-0.15, -0.1) is 0 Å². The lowest BCUT2D eigenvalue weighted by Crippen LogP contribution is -2.49. The quantitative estimate of drug-likeness (QED) is 0.700. The number of piperazine rings is 1. The van der Waals surface area contributed by atoms with E-state index in [1.165, 1.54) is 11.4 Å². The van der Waals surface area contributed by atoms with Gasteiger partial charge in [0.1, 0.15) is 11.6 Å². The highest BCUT2D eigenvalue weighted by molar-refractivity contribution is 7.92. The second kappa shape index (κ2) is 8.97. The first-order valence-electron chi connectivity index (χ1n) is 11.0. The summed E-state index contributed by atoms with van der Waals surface area (Å²) in [4.78, 5) is 21.8. The Morgan fingerprint density at radius 3 is 2.44 bits per heavy atom. The van der Waals surface area contributed by atoms with Crippen LogP contribution in [0.4, 0.5) is 11.5 Å². The largest absolute Gasteiger partial charge is 0.496 e. The number of anilines is 2. The molecule has 2 saturated heterocycles. The molecule has 2 aliphatic rings. The van der Waals surface area contributed by atoms with Crippen LogP contribution in [0.5, 0.6) is 5.75 Å². The van der Waals surface area contributed by atoms with Gasteiger partial charge < -0.3 is 14.5 Å². The fraction of sp³-hybridized carbons (Fsp3) is 0.478. The Kier molecular flexibility index (Phi) is 6.28. The van der Waals surface area contributed by atoms with Crippen LogP contribution in [0.2, 0.25) is 0 Å². The molecule has 32 heavy (non-hydrogen) atoms. The molecule has 0 N–H and O–H groups in total. The third-order valence-electron chi connectivity index (χ3n) is 6.11. The number of hydrogen-bond donors (Lipinski definition) is 0. The van der Waals surface area contributed by atoms with Crippen LogP contribution in [0, 0.1) is 13.8 Å². The zero-order chi connectivity index (χ0) is 22.9. The molecule has 3 heterocycles. The van der Waals surface area contributed by atoms with Crippen LogP contribution in [-0.4, -0.2) is 69.8 Å². The summed E-state index contributed by atoms with van der Waals surface area (Å²) < 4.78 is 31.8. The summed E-state index contributed by atoms with van der Waals surface area (Å²) in [5.74, 6) is 1.40. The number of carbonyl (C=O) groups excluding carboxylic acids is 1. The Labute approximate surface area is 189 Å². The Morgan fingerprint density at radius 1 is 1.03 bits per heavy atom. The molecule has 9 heteroatoms. The van der Waals surface area contributed by atoms with Crippen molar-refractivity contribution in [3.8, 4) is 5.75 Å². The predicted molar refractivity (Wildman–Crippen MR) is 125 cm³/mol. The molecule has 1 amide bonds. The van der Waals surface area contributed by atoms with Crippen molar-refractivity contribution < 1.29 is 17.9 Å². The summed E-state index contributed by atoms with van der Waals surface area (Å²) in [5.41, 5.74) is 3.26. The van der Waals surface area contributed by atoms with E-state index < -0.39 is 10.0 Å². The van der Waals surface area contributed by atoms with Gasteiger partial charge in [0.15, 0.2) is 0 Å². The third kappa shape index (κ3) is 4.39. The Morgan fingerprint density at radius 2 is 1.78 bits per heavy atom. The van der Waals surface area contributed by atoms with Crippen molar-refractivity contribution in [3.05, 3.63) is 47.2 Å². The van der Waals surface area contributed by atoms with Crippen LogP contribution in [-0.2, 0) is 10.0 Å². The fourth-order valence-electron chi connectivity index (χ4n) is 4.42. The average molecular weight is 459 g/mol. The molecule has 2 aromatic rings. The molecule has 0 aliphatic carbocycles. The summed E-state index contributed by atoms with van der Waals surface area (Å²) in [6.45, 7) is 7.11. The summed E-state index contributed by atoms with van der Waals surface area (Å²) in [6.07, 6.45) is 3.37. The zero-order valence-electron chi connectivity index (χ0n) is 18.9. The first-order chi connectivity index (χ1) is 15.3. The van der Waals surface area contributed by atoms with E-state index in [0.29, 0.717) is 56.1 Å². The number of amides is 1. The van der Waals surface area contributed by atoms with Gasteiger partial charge in [0.2, 0.25) is 10.0 Å². The van der Waals surface area contributed by atoms with Crippen LogP contribution in [0.15, 0.2) is 30.5 Å². The van der Waals surface area contributed by atoms with Crippen molar-refractivity contribution in [1.29, 1.82) is 0 Å². The number of aromatic nitrogens is 1. The van der Waals surface area contributed by atoms with E-state index in [4.69, 9.17) is 4.74 Å². The second-order valence-electron chi connectivity index (χ2n) is 8.41. The van der Waals surface area contributed by atoms with Gasteiger partial charge >= 0.3 is 0 Å². The molecule has 2 fully saturated rings.